The lowest BCUT2D eigenvalue weighted by Crippen LogP contribution is -2.49. The van der Waals surface area contributed by atoms with Crippen LogP contribution in [-0.4, -0.2) is 29.3 Å². The van der Waals surface area contributed by atoms with Crippen LogP contribution in [0.5, 0.6) is 0 Å². The molecule has 6 heteroatoms. The van der Waals surface area contributed by atoms with Crippen molar-refractivity contribution in [2.24, 2.45) is 0 Å². The van der Waals surface area contributed by atoms with Crippen molar-refractivity contribution in [3.8, 4) is 0 Å². The first-order chi connectivity index (χ1) is 13.3. The van der Waals surface area contributed by atoms with E-state index in [0.29, 0.717) is 23.0 Å². The maximum Gasteiger partial charge on any atom is 0.242 e. The number of halogens is 2. The van der Waals surface area contributed by atoms with Crippen LogP contribution in [0.1, 0.15) is 37.0 Å². The number of hydrogen-bond acceptors (Lipinski definition) is 2. The lowest BCUT2D eigenvalue weighted by molar-refractivity contribution is -0.140. The number of likely N-dealkylation sites (N-methyl/N-ethyl adjacent to an activating group) is 1. The second-order valence-corrected chi connectivity index (χ2v) is 7.58. The van der Waals surface area contributed by atoms with E-state index in [1.165, 1.54) is 0 Å². The summed E-state index contributed by atoms with van der Waals surface area (Å²) in [5.74, 6) is -0.277. The fourth-order valence-electron chi connectivity index (χ4n) is 3.03. The first kappa shape index (κ1) is 22.3. The van der Waals surface area contributed by atoms with E-state index in [1.54, 1.807) is 23.1 Å². The van der Waals surface area contributed by atoms with Crippen molar-refractivity contribution in [2.75, 3.05) is 6.54 Å². The molecule has 28 heavy (non-hydrogen) atoms. The second-order valence-electron chi connectivity index (χ2n) is 6.74. The number of rotatable bonds is 8. The lowest BCUT2D eigenvalue weighted by atomic mass is 10.1. The topological polar surface area (TPSA) is 49.4 Å². The molecule has 2 amide bonds. The van der Waals surface area contributed by atoms with Crippen molar-refractivity contribution in [1.29, 1.82) is 0 Å². The molecular formula is C22H26Cl2N2O2. The van der Waals surface area contributed by atoms with Gasteiger partial charge in [0.1, 0.15) is 6.04 Å². The molecule has 0 fully saturated rings. The van der Waals surface area contributed by atoms with Crippen molar-refractivity contribution < 1.29 is 9.59 Å². The Bertz CT molecular complexity index is 822. The Kier molecular flexibility index (Phi) is 8.34. The maximum atomic E-state index is 13.2. The lowest BCUT2D eigenvalue weighted by Gasteiger charge is -2.31. The minimum atomic E-state index is -0.565. The number of aryl methyl sites for hydroxylation is 1. The zero-order valence-corrected chi connectivity index (χ0v) is 18.0. The summed E-state index contributed by atoms with van der Waals surface area (Å²) in [6, 6.07) is 12.4. The van der Waals surface area contributed by atoms with Crippen molar-refractivity contribution in [3.05, 3.63) is 69.2 Å². The number of amides is 2. The molecule has 2 aromatic carbocycles. The van der Waals surface area contributed by atoms with Gasteiger partial charge >= 0.3 is 0 Å². The Hall–Kier alpha value is -2.04. The highest BCUT2D eigenvalue weighted by atomic mass is 35.5. The van der Waals surface area contributed by atoms with E-state index in [2.05, 4.69) is 5.32 Å². The number of nitrogens with zero attached hydrogens (tertiary/aromatic N) is 1. The maximum absolute atomic E-state index is 13.2. The van der Waals surface area contributed by atoms with Crippen LogP contribution in [-0.2, 0) is 22.6 Å². The van der Waals surface area contributed by atoms with E-state index in [0.717, 1.165) is 16.7 Å². The quantitative estimate of drug-likeness (QED) is 0.667. The van der Waals surface area contributed by atoms with E-state index in [9.17, 15) is 9.59 Å². The van der Waals surface area contributed by atoms with Gasteiger partial charge in [-0.15, -0.1) is 0 Å². The van der Waals surface area contributed by atoms with E-state index in [1.807, 2.05) is 45.0 Å². The average molecular weight is 421 g/mol. The summed E-state index contributed by atoms with van der Waals surface area (Å²) in [4.78, 5) is 27.4. The highest BCUT2D eigenvalue weighted by Gasteiger charge is 2.28. The summed E-state index contributed by atoms with van der Waals surface area (Å²) in [5, 5.41) is 3.83. The number of carbonyl (C=O) groups excluding carboxylic acids is 2. The molecule has 4 nitrogen and oxygen atoms in total. The predicted molar refractivity (Wildman–Crippen MR) is 115 cm³/mol. The predicted octanol–water partition coefficient (Wildman–Crippen LogP) is 4.79. The summed E-state index contributed by atoms with van der Waals surface area (Å²) >= 11 is 12.3. The largest absolute Gasteiger partial charge is 0.355 e. The van der Waals surface area contributed by atoms with Crippen LogP contribution in [0.25, 0.3) is 0 Å². The van der Waals surface area contributed by atoms with Crippen molar-refractivity contribution in [3.63, 3.8) is 0 Å². The van der Waals surface area contributed by atoms with Gasteiger partial charge in [0.05, 0.1) is 6.42 Å². The highest BCUT2D eigenvalue weighted by Crippen LogP contribution is 2.24. The molecule has 0 saturated heterocycles. The van der Waals surface area contributed by atoms with Gasteiger partial charge in [-0.05, 0) is 43.5 Å². The van der Waals surface area contributed by atoms with Crippen LogP contribution in [0, 0.1) is 6.92 Å². The van der Waals surface area contributed by atoms with E-state index < -0.39 is 6.04 Å². The third-order valence-electron chi connectivity index (χ3n) is 4.57. The zero-order valence-electron chi connectivity index (χ0n) is 16.5. The smallest absolute Gasteiger partial charge is 0.242 e. The van der Waals surface area contributed by atoms with Crippen molar-refractivity contribution in [2.45, 2.75) is 46.2 Å². The molecule has 2 rings (SSSR count). The van der Waals surface area contributed by atoms with Crippen molar-refractivity contribution >= 4 is 35.0 Å². The number of carbonyl (C=O) groups is 2. The highest BCUT2D eigenvalue weighted by molar-refractivity contribution is 6.35. The molecule has 2 aromatic rings. The fraction of sp³-hybridized carbons (Fsp3) is 0.364. The number of hydrogen-bond donors (Lipinski definition) is 1. The minimum absolute atomic E-state index is 0.118. The van der Waals surface area contributed by atoms with Gasteiger partial charge in [0.15, 0.2) is 0 Å². The molecule has 0 radical (unpaired) electrons. The first-order valence-electron chi connectivity index (χ1n) is 9.42. The van der Waals surface area contributed by atoms with Crippen LogP contribution in [0.3, 0.4) is 0 Å². The Morgan fingerprint density at radius 3 is 2.32 bits per heavy atom. The Morgan fingerprint density at radius 2 is 1.75 bits per heavy atom. The van der Waals surface area contributed by atoms with Crippen LogP contribution in [0.15, 0.2) is 42.5 Å². The van der Waals surface area contributed by atoms with Crippen LogP contribution < -0.4 is 5.32 Å². The van der Waals surface area contributed by atoms with Gasteiger partial charge in [0.25, 0.3) is 0 Å². The minimum Gasteiger partial charge on any atom is -0.355 e. The summed E-state index contributed by atoms with van der Waals surface area (Å²) < 4.78 is 0. The molecule has 150 valence electrons. The first-order valence-corrected chi connectivity index (χ1v) is 10.2. The summed E-state index contributed by atoms with van der Waals surface area (Å²) in [7, 11) is 0. The molecule has 0 aliphatic rings. The van der Waals surface area contributed by atoms with Gasteiger partial charge in [0, 0.05) is 23.1 Å². The van der Waals surface area contributed by atoms with Gasteiger partial charge in [0.2, 0.25) is 11.8 Å². The molecule has 0 aliphatic heterocycles. The Balaban J connectivity index is 2.31. The molecule has 0 aliphatic carbocycles. The molecule has 1 atom stereocenters. The van der Waals surface area contributed by atoms with Gasteiger partial charge in [-0.25, -0.2) is 0 Å². The molecule has 0 heterocycles. The third-order valence-corrected chi connectivity index (χ3v) is 5.16. The monoisotopic (exact) mass is 420 g/mol. The molecule has 0 bridgehead atoms. The van der Waals surface area contributed by atoms with Crippen LogP contribution in [0.4, 0.5) is 0 Å². The molecule has 0 unspecified atom stereocenters. The normalized spacial score (nSPS) is 11.8. The fourth-order valence-corrected chi connectivity index (χ4v) is 3.50. The third kappa shape index (κ3) is 5.98. The van der Waals surface area contributed by atoms with Gasteiger partial charge < -0.3 is 10.2 Å². The van der Waals surface area contributed by atoms with Crippen LogP contribution in [0.2, 0.25) is 10.0 Å². The molecule has 1 N–H and O–H groups in total. The summed E-state index contributed by atoms with van der Waals surface area (Å²) in [5.41, 5.74) is 2.80. The number of nitrogens with one attached hydrogen (secondary N) is 1. The van der Waals surface area contributed by atoms with E-state index in [4.69, 9.17) is 23.2 Å². The zero-order chi connectivity index (χ0) is 20.7. The molecule has 0 aromatic heterocycles. The molecule has 0 spiro atoms. The Labute approximate surface area is 176 Å². The average Bonchev–Trinajstić information content (AvgIpc) is 2.65. The SMILES string of the molecule is CCNC(=O)[C@H](CC)N(Cc1ccc(Cl)cc1Cl)C(=O)Cc1ccc(C)cc1. The van der Waals surface area contributed by atoms with Gasteiger partial charge in [-0.1, -0.05) is 66.0 Å². The Morgan fingerprint density at radius 1 is 1.07 bits per heavy atom. The van der Waals surface area contributed by atoms with Crippen LogP contribution >= 0.6 is 23.2 Å². The number of benzene rings is 2. The van der Waals surface area contributed by atoms with Gasteiger partial charge in [-0.2, -0.15) is 0 Å². The van der Waals surface area contributed by atoms with Gasteiger partial charge in [-0.3, -0.25) is 9.59 Å². The second kappa shape index (κ2) is 10.5. The summed E-state index contributed by atoms with van der Waals surface area (Å²) in [6.07, 6.45) is 0.734. The van der Waals surface area contributed by atoms with E-state index >= 15 is 0 Å². The molecular weight excluding hydrogens is 395 g/mol. The van der Waals surface area contributed by atoms with Crippen molar-refractivity contribution in [1.82, 2.24) is 10.2 Å². The molecule has 0 saturated carbocycles. The summed E-state index contributed by atoms with van der Waals surface area (Å²) in [6.45, 7) is 6.52. The van der Waals surface area contributed by atoms with E-state index in [-0.39, 0.29) is 24.8 Å². The standard InChI is InChI=1S/C22H26Cl2N2O2/c1-4-20(22(28)25-5-2)26(14-17-10-11-18(23)13-19(17)24)21(27)12-16-8-6-15(3)7-9-16/h6-11,13,20H,4-5,12,14H2,1-3H3,(H,25,28)/t20-/m0/s1.